The maximum Gasteiger partial charge on any atom is 0.321 e. The summed E-state index contributed by atoms with van der Waals surface area (Å²) in [6.45, 7) is 0.553. The largest absolute Gasteiger partial charge is 0.480 e. The second kappa shape index (κ2) is 6.87. The molecule has 0 aliphatic heterocycles. The minimum atomic E-state index is -3.67. The van der Waals surface area contributed by atoms with Gasteiger partial charge in [-0.1, -0.05) is 0 Å². The third-order valence-corrected chi connectivity index (χ3v) is 3.61. The smallest absolute Gasteiger partial charge is 0.321 e. The van der Waals surface area contributed by atoms with Gasteiger partial charge in [0.05, 0.1) is 0 Å². The summed E-state index contributed by atoms with van der Waals surface area (Å²) in [5.41, 5.74) is 5.19. The first-order chi connectivity index (χ1) is 7.66. The van der Waals surface area contributed by atoms with Gasteiger partial charge < -0.3 is 15.7 Å². The minimum Gasteiger partial charge on any atom is -0.480 e. The summed E-state index contributed by atoms with van der Waals surface area (Å²) < 4.78 is 26.5. The Morgan fingerprint density at radius 1 is 1.35 bits per heavy atom. The zero-order chi connectivity index (χ0) is 13.6. The van der Waals surface area contributed by atoms with Crippen LogP contribution in [0.2, 0.25) is 0 Å². The predicted octanol–water partition coefficient (Wildman–Crippen LogP) is -2.27. The molecule has 0 rings (SSSR count). The fourth-order valence-corrected chi connectivity index (χ4v) is 1.79. The van der Waals surface area contributed by atoms with E-state index in [1.54, 1.807) is 0 Å². The van der Waals surface area contributed by atoms with Crippen LogP contribution in [-0.4, -0.2) is 75.5 Å². The standard InChI is InChI=1S/C8H20N4O4S/c1-11(2)4-5-12(3)17(15,16)10-6-7(9)8(13)14/h7,10H,4-6,9H2,1-3H3,(H,13,14)/t7-/m0/s1. The molecule has 0 aromatic heterocycles. The van der Waals surface area contributed by atoms with E-state index < -0.39 is 22.2 Å². The van der Waals surface area contributed by atoms with Gasteiger partial charge in [0.2, 0.25) is 0 Å². The van der Waals surface area contributed by atoms with Gasteiger partial charge in [-0.05, 0) is 14.1 Å². The van der Waals surface area contributed by atoms with Crippen molar-refractivity contribution in [2.75, 3.05) is 40.8 Å². The van der Waals surface area contributed by atoms with Crippen molar-refractivity contribution in [2.24, 2.45) is 5.73 Å². The molecular weight excluding hydrogens is 248 g/mol. The molecule has 0 saturated carbocycles. The molecule has 17 heavy (non-hydrogen) atoms. The molecule has 0 spiro atoms. The minimum absolute atomic E-state index is 0.310. The van der Waals surface area contributed by atoms with Crippen LogP contribution in [0.5, 0.6) is 0 Å². The second-order valence-electron chi connectivity index (χ2n) is 3.92. The van der Waals surface area contributed by atoms with Crippen LogP contribution < -0.4 is 10.5 Å². The average Bonchev–Trinajstić information content (AvgIpc) is 2.22. The molecule has 0 bridgehead atoms. The van der Waals surface area contributed by atoms with Crippen LogP contribution in [0, 0.1) is 0 Å². The molecule has 0 aromatic carbocycles. The highest BCUT2D eigenvalue weighted by Gasteiger charge is 2.20. The van der Waals surface area contributed by atoms with Gasteiger partial charge in [0, 0.05) is 26.7 Å². The number of hydrogen-bond acceptors (Lipinski definition) is 5. The zero-order valence-electron chi connectivity index (χ0n) is 10.3. The topological polar surface area (TPSA) is 116 Å². The van der Waals surface area contributed by atoms with Crippen molar-refractivity contribution >= 4 is 16.2 Å². The number of aliphatic carboxylic acids is 1. The lowest BCUT2D eigenvalue weighted by atomic mass is 10.3. The van der Waals surface area contributed by atoms with Gasteiger partial charge in [0.25, 0.3) is 10.2 Å². The summed E-state index contributed by atoms with van der Waals surface area (Å²) in [6.07, 6.45) is 0. The SMILES string of the molecule is CN(C)CCN(C)S(=O)(=O)NC[C@H](N)C(=O)O. The zero-order valence-corrected chi connectivity index (χ0v) is 11.1. The molecule has 0 aliphatic rings. The number of nitrogens with two attached hydrogens (primary N) is 1. The van der Waals surface area contributed by atoms with Gasteiger partial charge in [-0.3, -0.25) is 4.79 Å². The molecule has 0 unspecified atom stereocenters. The molecule has 0 heterocycles. The van der Waals surface area contributed by atoms with Crippen molar-refractivity contribution < 1.29 is 18.3 Å². The molecule has 9 heteroatoms. The van der Waals surface area contributed by atoms with Crippen molar-refractivity contribution in [2.45, 2.75) is 6.04 Å². The maximum absolute atomic E-state index is 11.6. The predicted molar refractivity (Wildman–Crippen MR) is 63.7 cm³/mol. The fourth-order valence-electron chi connectivity index (χ4n) is 0.854. The number of carboxylic acids is 1. The molecule has 0 aromatic rings. The molecule has 0 aliphatic carbocycles. The van der Waals surface area contributed by atoms with E-state index in [2.05, 4.69) is 4.72 Å². The first-order valence-electron chi connectivity index (χ1n) is 5.01. The lowest BCUT2D eigenvalue weighted by Crippen LogP contribution is -2.47. The van der Waals surface area contributed by atoms with Crippen LogP contribution in [0.1, 0.15) is 0 Å². The van der Waals surface area contributed by atoms with Crippen molar-refractivity contribution in [3.05, 3.63) is 0 Å². The van der Waals surface area contributed by atoms with Crippen LogP contribution in [0.25, 0.3) is 0 Å². The molecule has 8 nitrogen and oxygen atoms in total. The van der Waals surface area contributed by atoms with E-state index in [0.717, 1.165) is 4.31 Å². The molecule has 0 radical (unpaired) electrons. The quantitative estimate of drug-likeness (QED) is 0.457. The second-order valence-corrected chi connectivity index (χ2v) is 5.79. The first-order valence-corrected chi connectivity index (χ1v) is 6.45. The maximum atomic E-state index is 11.6. The summed E-state index contributed by atoms with van der Waals surface area (Å²) in [6, 6.07) is -1.24. The highest BCUT2D eigenvalue weighted by molar-refractivity contribution is 7.87. The lowest BCUT2D eigenvalue weighted by Gasteiger charge is -2.20. The van der Waals surface area contributed by atoms with Crippen molar-refractivity contribution in [3.8, 4) is 0 Å². The molecule has 0 saturated heterocycles. The van der Waals surface area contributed by atoms with Crippen LogP contribution in [0.3, 0.4) is 0 Å². The number of rotatable bonds is 8. The van der Waals surface area contributed by atoms with Crippen LogP contribution in [-0.2, 0) is 15.0 Å². The number of likely N-dealkylation sites (N-methyl/N-ethyl adjacent to an activating group) is 2. The Balaban J connectivity index is 4.23. The van der Waals surface area contributed by atoms with Gasteiger partial charge >= 0.3 is 5.97 Å². The number of carboxylic acid groups (broad SMARTS) is 1. The van der Waals surface area contributed by atoms with E-state index >= 15 is 0 Å². The molecule has 4 N–H and O–H groups in total. The molecule has 0 fully saturated rings. The van der Waals surface area contributed by atoms with E-state index in [1.807, 2.05) is 19.0 Å². The number of nitrogens with one attached hydrogen (secondary N) is 1. The van der Waals surface area contributed by atoms with E-state index in [0.29, 0.717) is 13.1 Å². The van der Waals surface area contributed by atoms with Crippen LogP contribution in [0.15, 0.2) is 0 Å². The Morgan fingerprint density at radius 2 is 1.88 bits per heavy atom. The summed E-state index contributed by atoms with van der Waals surface area (Å²) >= 11 is 0. The monoisotopic (exact) mass is 268 g/mol. The Hall–Kier alpha value is -0.740. The van der Waals surface area contributed by atoms with E-state index in [4.69, 9.17) is 10.8 Å². The first kappa shape index (κ1) is 16.3. The molecular formula is C8H20N4O4S. The van der Waals surface area contributed by atoms with E-state index in [9.17, 15) is 13.2 Å². The Morgan fingerprint density at radius 3 is 2.29 bits per heavy atom. The number of nitrogens with zero attached hydrogens (tertiary/aromatic N) is 2. The van der Waals surface area contributed by atoms with Gasteiger partial charge in [-0.2, -0.15) is 17.4 Å². The van der Waals surface area contributed by atoms with Crippen molar-refractivity contribution in [1.82, 2.24) is 13.9 Å². The van der Waals surface area contributed by atoms with Crippen LogP contribution >= 0.6 is 0 Å². The highest BCUT2D eigenvalue weighted by Crippen LogP contribution is 1.94. The lowest BCUT2D eigenvalue weighted by molar-refractivity contribution is -0.138. The molecule has 102 valence electrons. The Labute approximate surface area is 102 Å². The molecule has 0 amide bonds. The summed E-state index contributed by atoms with van der Waals surface area (Å²) in [4.78, 5) is 12.3. The molecule has 1 atom stereocenters. The average molecular weight is 268 g/mol. The fraction of sp³-hybridized carbons (Fsp3) is 0.875. The van der Waals surface area contributed by atoms with E-state index in [1.165, 1.54) is 7.05 Å². The normalized spacial score (nSPS) is 14.2. The third-order valence-electron chi connectivity index (χ3n) is 2.08. The van der Waals surface area contributed by atoms with Crippen molar-refractivity contribution in [1.29, 1.82) is 0 Å². The summed E-state index contributed by atoms with van der Waals surface area (Å²) in [5.74, 6) is -1.25. The summed E-state index contributed by atoms with van der Waals surface area (Å²) in [5, 5.41) is 8.51. The highest BCUT2D eigenvalue weighted by atomic mass is 32.2. The van der Waals surface area contributed by atoms with Gasteiger partial charge in [-0.25, -0.2) is 0 Å². The Kier molecular flexibility index (Phi) is 6.57. The van der Waals surface area contributed by atoms with Crippen LogP contribution in [0.4, 0.5) is 0 Å². The van der Waals surface area contributed by atoms with Gasteiger partial charge in [0.1, 0.15) is 6.04 Å². The van der Waals surface area contributed by atoms with Gasteiger partial charge in [0.15, 0.2) is 0 Å². The number of carbonyl (C=O) groups is 1. The number of hydrogen-bond donors (Lipinski definition) is 3. The third kappa shape index (κ3) is 6.54. The Bertz CT molecular complexity index is 343. The van der Waals surface area contributed by atoms with E-state index in [-0.39, 0.29) is 6.54 Å². The summed E-state index contributed by atoms with van der Waals surface area (Å²) in [7, 11) is 1.40. The van der Waals surface area contributed by atoms with Crippen molar-refractivity contribution in [3.63, 3.8) is 0 Å². The van der Waals surface area contributed by atoms with Gasteiger partial charge in [-0.15, -0.1) is 0 Å².